The zero-order valence-electron chi connectivity index (χ0n) is 15.9. The number of amides is 1. The predicted octanol–water partition coefficient (Wildman–Crippen LogP) is 3.92. The smallest absolute Gasteiger partial charge is 0.243 e. The van der Waals surface area contributed by atoms with E-state index in [1.807, 2.05) is 6.92 Å². The Balaban J connectivity index is 1.62. The Kier molecular flexibility index (Phi) is 6.77. The molecule has 1 fully saturated rings. The van der Waals surface area contributed by atoms with Crippen LogP contribution in [0.15, 0.2) is 47.4 Å². The monoisotopic (exact) mass is 440 g/mol. The molecule has 0 unspecified atom stereocenters. The molecule has 0 aromatic heterocycles. The van der Waals surface area contributed by atoms with Crippen LogP contribution in [-0.4, -0.2) is 38.3 Å². The highest BCUT2D eigenvalue weighted by Crippen LogP contribution is 2.27. The van der Waals surface area contributed by atoms with Crippen molar-refractivity contribution < 1.29 is 22.3 Å². The van der Waals surface area contributed by atoms with Gasteiger partial charge >= 0.3 is 0 Å². The molecule has 1 heterocycles. The molecular weight excluding hydrogens is 419 g/mol. The molecule has 0 aliphatic carbocycles. The average molecular weight is 441 g/mol. The summed E-state index contributed by atoms with van der Waals surface area (Å²) in [6.07, 6.45) is 0.703. The molecule has 0 saturated carbocycles. The van der Waals surface area contributed by atoms with E-state index < -0.39 is 21.8 Å². The summed E-state index contributed by atoms with van der Waals surface area (Å²) in [5.41, 5.74) is 0.0203. The molecule has 29 heavy (non-hydrogen) atoms. The minimum atomic E-state index is -3.65. The van der Waals surface area contributed by atoms with Gasteiger partial charge in [0, 0.05) is 19.0 Å². The third-order valence-electron chi connectivity index (χ3n) is 4.81. The van der Waals surface area contributed by atoms with Crippen LogP contribution in [0.3, 0.4) is 0 Å². The van der Waals surface area contributed by atoms with Gasteiger partial charge in [0.05, 0.1) is 22.2 Å². The van der Waals surface area contributed by atoms with Gasteiger partial charge in [-0.05, 0) is 56.2 Å². The van der Waals surface area contributed by atoms with Gasteiger partial charge in [-0.1, -0.05) is 17.7 Å². The largest absolute Gasteiger partial charge is 0.494 e. The highest BCUT2D eigenvalue weighted by atomic mass is 35.5. The number of hydrogen-bond donors (Lipinski definition) is 1. The van der Waals surface area contributed by atoms with Gasteiger partial charge in [0.15, 0.2) is 5.82 Å². The van der Waals surface area contributed by atoms with Crippen LogP contribution < -0.4 is 10.1 Å². The van der Waals surface area contributed by atoms with Crippen LogP contribution in [-0.2, 0) is 14.8 Å². The van der Waals surface area contributed by atoms with Crippen LogP contribution in [0.4, 0.5) is 10.1 Å². The van der Waals surface area contributed by atoms with Gasteiger partial charge in [0.1, 0.15) is 5.75 Å². The zero-order chi connectivity index (χ0) is 21.0. The lowest BCUT2D eigenvalue weighted by molar-refractivity contribution is -0.120. The number of hydrogen-bond acceptors (Lipinski definition) is 4. The van der Waals surface area contributed by atoms with E-state index in [2.05, 4.69) is 5.32 Å². The number of rotatable bonds is 6. The highest BCUT2D eigenvalue weighted by Gasteiger charge is 2.32. The molecular formula is C20H22ClFN2O4S. The molecule has 1 N–H and O–H groups in total. The summed E-state index contributed by atoms with van der Waals surface area (Å²) < 4.78 is 46.3. The van der Waals surface area contributed by atoms with Gasteiger partial charge in [-0.15, -0.1) is 0 Å². The van der Waals surface area contributed by atoms with Crippen LogP contribution >= 0.6 is 11.6 Å². The molecule has 156 valence electrons. The first-order chi connectivity index (χ1) is 13.8. The fourth-order valence-corrected chi connectivity index (χ4v) is 4.86. The number of halogens is 2. The molecule has 3 rings (SSSR count). The highest BCUT2D eigenvalue weighted by molar-refractivity contribution is 7.89. The van der Waals surface area contributed by atoms with Crippen molar-refractivity contribution in [2.45, 2.75) is 24.7 Å². The van der Waals surface area contributed by atoms with Gasteiger partial charge in [-0.2, -0.15) is 4.31 Å². The van der Waals surface area contributed by atoms with Crippen molar-refractivity contribution in [1.82, 2.24) is 4.31 Å². The molecule has 0 radical (unpaired) electrons. The van der Waals surface area contributed by atoms with Crippen molar-refractivity contribution in [2.24, 2.45) is 5.92 Å². The standard InChI is InChI=1S/C20H22ClFN2O4S/c1-2-28-15-6-8-16(9-7-15)29(26,27)24-12-10-14(11-13-24)20(25)23-18-5-3-4-17(21)19(18)22/h3-9,14H,2,10-13H2,1H3,(H,23,25). The van der Waals surface area contributed by atoms with E-state index >= 15 is 0 Å². The fourth-order valence-electron chi connectivity index (χ4n) is 3.22. The Morgan fingerprint density at radius 3 is 2.48 bits per heavy atom. The van der Waals surface area contributed by atoms with E-state index in [-0.39, 0.29) is 34.6 Å². The summed E-state index contributed by atoms with van der Waals surface area (Å²) in [5.74, 6) is -0.822. The van der Waals surface area contributed by atoms with Crippen molar-refractivity contribution in [3.8, 4) is 5.75 Å². The Bertz CT molecular complexity index is 974. The van der Waals surface area contributed by atoms with Gasteiger partial charge in [0.25, 0.3) is 0 Å². The van der Waals surface area contributed by atoms with Crippen LogP contribution in [0.25, 0.3) is 0 Å². The minimum Gasteiger partial charge on any atom is -0.494 e. The third kappa shape index (κ3) is 4.88. The van der Waals surface area contributed by atoms with E-state index in [0.717, 1.165) is 0 Å². The summed E-state index contributed by atoms with van der Waals surface area (Å²) in [7, 11) is -3.65. The third-order valence-corrected chi connectivity index (χ3v) is 7.01. The first kappa shape index (κ1) is 21.5. The van der Waals surface area contributed by atoms with Crippen LogP contribution in [0.2, 0.25) is 5.02 Å². The Labute approximate surface area is 174 Å². The molecule has 1 aliphatic rings. The van der Waals surface area contributed by atoms with Gasteiger partial charge < -0.3 is 10.1 Å². The molecule has 9 heteroatoms. The maximum Gasteiger partial charge on any atom is 0.243 e. The second kappa shape index (κ2) is 9.11. The summed E-state index contributed by atoms with van der Waals surface area (Å²) >= 11 is 5.73. The predicted molar refractivity (Wildman–Crippen MR) is 109 cm³/mol. The number of sulfonamides is 1. The topological polar surface area (TPSA) is 75.7 Å². The SMILES string of the molecule is CCOc1ccc(S(=O)(=O)N2CCC(C(=O)Nc3cccc(Cl)c3F)CC2)cc1. The summed E-state index contributed by atoms with van der Waals surface area (Å²) in [4.78, 5) is 12.6. The van der Waals surface area contributed by atoms with Crippen molar-refractivity contribution in [3.05, 3.63) is 53.3 Å². The molecule has 1 aliphatic heterocycles. The summed E-state index contributed by atoms with van der Waals surface area (Å²) in [6, 6.07) is 10.7. The van der Waals surface area contributed by atoms with E-state index in [9.17, 15) is 17.6 Å². The van der Waals surface area contributed by atoms with Crippen LogP contribution in [0.5, 0.6) is 5.75 Å². The van der Waals surface area contributed by atoms with Crippen molar-refractivity contribution in [3.63, 3.8) is 0 Å². The van der Waals surface area contributed by atoms with Gasteiger partial charge in [-0.3, -0.25) is 4.79 Å². The number of carbonyl (C=O) groups excluding carboxylic acids is 1. The number of piperidine rings is 1. The van der Waals surface area contributed by atoms with E-state index in [1.54, 1.807) is 18.2 Å². The Morgan fingerprint density at radius 2 is 1.86 bits per heavy atom. The number of anilines is 1. The van der Waals surface area contributed by atoms with E-state index in [1.165, 1.54) is 28.6 Å². The quantitative estimate of drug-likeness (QED) is 0.738. The number of carbonyl (C=O) groups is 1. The molecule has 0 bridgehead atoms. The molecule has 6 nitrogen and oxygen atoms in total. The zero-order valence-corrected chi connectivity index (χ0v) is 17.5. The maximum absolute atomic E-state index is 14.0. The van der Waals surface area contributed by atoms with Gasteiger partial charge in [-0.25, -0.2) is 12.8 Å². The maximum atomic E-state index is 14.0. The van der Waals surface area contributed by atoms with Crippen molar-refractivity contribution >= 4 is 33.2 Å². The normalized spacial score (nSPS) is 15.8. The summed E-state index contributed by atoms with van der Waals surface area (Å²) in [5, 5.41) is 2.47. The van der Waals surface area contributed by atoms with Crippen molar-refractivity contribution in [2.75, 3.05) is 25.0 Å². The van der Waals surface area contributed by atoms with Gasteiger partial charge in [0.2, 0.25) is 15.9 Å². The molecule has 1 saturated heterocycles. The van der Waals surface area contributed by atoms with Crippen molar-refractivity contribution in [1.29, 1.82) is 0 Å². The van der Waals surface area contributed by atoms with E-state index in [4.69, 9.17) is 16.3 Å². The number of nitrogens with one attached hydrogen (secondary N) is 1. The number of benzene rings is 2. The lowest BCUT2D eigenvalue weighted by atomic mass is 9.97. The average Bonchev–Trinajstić information content (AvgIpc) is 2.72. The first-order valence-corrected chi connectivity index (χ1v) is 11.1. The minimum absolute atomic E-state index is 0.0203. The van der Waals surface area contributed by atoms with Crippen LogP contribution in [0.1, 0.15) is 19.8 Å². The molecule has 2 aromatic rings. The fraction of sp³-hybridized carbons (Fsp3) is 0.350. The van der Waals surface area contributed by atoms with Crippen LogP contribution in [0, 0.1) is 11.7 Å². The Morgan fingerprint density at radius 1 is 1.21 bits per heavy atom. The molecule has 0 spiro atoms. The lowest BCUT2D eigenvalue weighted by Gasteiger charge is -2.30. The second-order valence-electron chi connectivity index (χ2n) is 6.67. The first-order valence-electron chi connectivity index (χ1n) is 9.31. The molecule has 0 atom stereocenters. The molecule has 1 amide bonds. The lowest BCUT2D eigenvalue weighted by Crippen LogP contribution is -2.41. The Hall–Kier alpha value is -2.16. The van der Waals surface area contributed by atoms with E-state index in [0.29, 0.717) is 25.2 Å². The number of ether oxygens (including phenoxy) is 1. The second-order valence-corrected chi connectivity index (χ2v) is 9.02. The molecule has 2 aromatic carbocycles. The number of nitrogens with zero attached hydrogens (tertiary/aromatic N) is 1. The summed E-state index contributed by atoms with van der Waals surface area (Å²) in [6.45, 7) is 2.78.